The van der Waals surface area contributed by atoms with Gasteiger partial charge in [-0.25, -0.2) is 4.98 Å². The zero-order valence-corrected chi connectivity index (χ0v) is 14.9. The van der Waals surface area contributed by atoms with E-state index in [4.69, 9.17) is 0 Å². The molecule has 0 spiro atoms. The van der Waals surface area contributed by atoms with Crippen molar-refractivity contribution in [3.63, 3.8) is 0 Å². The van der Waals surface area contributed by atoms with E-state index in [0.717, 1.165) is 20.5 Å². The second-order valence-electron chi connectivity index (χ2n) is 4.75. The van der Waals surface area contributed by atoms with Crippen molar-refractivity contribution < 1.29 is 4.79 Å². The van der Waals surface area contributed by atoms with Crippen molar-refractivity contribution in [3.8, 4) is 9.88 Å². The number of hydrogen-bond acceptors (Lipinski definition) is 6. The maximum atomic E-state index is 12.0. The third kappa shape index (κ3) is 4.40. The molecule has 0 atom stereocenters. The predicted molar refractivity (Wildman–Crippen MR) is 97.0 cm³/mol. The maximum Gasteiger partial charge on any atom is 0.230 e. The summed E-state index contributed by atoms with van der Waals surface area (Å²) in [6.45, 7) is 2.52. The molecular formula is C16H15N3OS3. The van der Waals surface area contributed by atoms with E-state index in [1.54, 1.807) is 35.1 Å². The summed E-state index contributed by atoms with van der Waals surface area (Å²) in [6, 6.07) is 7.89. The lowest BCUT2D eigenvalue weighted by Gasteiger charge is -2.04. The molecule has 3 heterocycles. The lowest BCUT2D eigenvalue weighted by Crippen LogP contribution is -2.24. The van der Waals surface area contributed by atoms with Gasteiger partial charge in [0.25, 0.3) is 0 Å². The van der Waals surface area contributed by atoms with Gasteiger partial charge in [0, 0.05) is 22.2 Å². The Hall–Kier alpha value is -1.70. The van der Waals surface area contributed by atoms with Gasteiger partial charge < -0.3 is 5.32 Å². The Morgan fingerprint density at radius 1 is 1.30 bits per heavy atom. The minimum atomic E-state index is 0.0253. The summed E-state index contributed by atoms with van der Waals surface area (Å²) in [7, 11) is 0. The Morgan fingerprint density at radius 3 is 2.87 bits per heavy atom. The van der Waals surface area contributed by atoms with E-state index < -0.39 is 0 Å². The van der Waals surface area contributed by atoms with Gasteiger partial charge in [0.1, 0.15) is 5.01 Å². The van der Waals surface area contributed by atoms with Gasteiger partial charge in [0.2, 0.25) is 5.91 Å². The fraction of sp³-hybridized carbons (Fsp3) is 0.188. The van der Waals surface area contributed by atoms with Crippen molar-refractivity contribution in [1.29, 1.82) is 0 Å². The quantitative estimate of drug-likeness (QED) is 0.675. The Kier molecular flexibility index (Phi) is 5.43. The molecule has 3 aromatic heterocycles. The summed E-state index contributed by atoms with van der Waals surface area (Å²) in [5.41, 5.74) is 0.987. The van der Waals surface area contributed by atoms with Crippen molar-refractivity contribution >= 4 is 40.3 Å². The Bertz CT molecular complexity index is 769. The van der Waals surface area contributed by atoms with E-state index >= 15 is 0 Å². The molecule has 1 amide bonds. The molecule has 0 fully saturated rings. The molecule has 3 rings (SSSR count). The highest BCUT2D eigenvalue weighted by Crippen LogP contribution is 2.30. The zero-order valence-electron chi connectivity index (χ0n) is 12.5. The first kappa shape index (κ1) is 16.2. The van der Waals surface area contributed by atoms with Crippen LogP contribution >= 0.6 is 34.4 Å². The number of nitrogens with zero attached hydrogens (tertiary/aromatic N) is 2. The number of nitrogens with one attached hydrogen (secondary N) is 1. The molecule has 0 aliphatic heterocycles. The SMILES string of the molecule is Cc1nc(-c2cccs2)sc1CNC(=O)CSc1ccncc1. The molecule has 7 heteroatoms. The first-order valence-corrected chi connectivity index (χ1v) is 9.70. The molecule has 0 saturated carbocycles. The van der Waals surface area contributed by atoms with Crippen LogP contribution in [0.5, 0.6) is 0 Å². The monoisotopic (exact) mass is 361 g/mol. The Balaban J connectivity index is 1.53. The van der Waals surface area contributed by atoms with Crippen LogP contribution in [0.1, 0.15) is 10.6 Å². The number of rotatable bonds is 6. The van der Waals surface area contributed by atoms with E-state index in [0.29, 0.717) is 12.3 Å². The van der Waals surface area contributed by atoms with Crippen LogP contribution < -0.4 is 5.32 Å². The topological polar surface area (TPSA) is 54.9 Å². The highest BCUT2D eigenvalue weighted by atomic mass is 32.2. The van der Waals surface area contributed by atoms with Gasteiger partial charge in [-0.3, -0.25) is 9.78 Å². The molecule has 0 aromatic carbocycles. The average Bonchev–Trinajstić information content (AvgIpc) is 3.21. The van der Waals surface area contributed by atoms with Crippen molar-refractivity contribution in [2.45, 2.75) is 18.4 Å². The molecule has 1 N–H and O–H groups in total. The number of pyridine rings is 1. The summed E-state index contributed by atoms with van der Waals surface area (Å²) in [6.07, 6.45) is 3.46. The van der Waals surface area contributed by atoms with Crippen LogP contribution in [0, 0.1) is 6.92 Å². The van der Waals surface area contributed by atoms with Crippen LogP contribution in [0.2, 0.25) is 0 Å². The number of thioether (sulfide) groups is 1. The summed E-state index contributed by atoms with van der Waals surface area (Å²) >= 11 is 4.83. The molecule has 0 bridgehead atoms. The third-order valence-corrected chi connectivity index (χ3v) is 6.30. The highest BCUT2D eigenvalue weighted by Gasteiger charge is 2.11. The van der Waals surface area contributed by atoms with Crippen LogP contribution in [0.15, 0.2) is 46.9 Å². The van der Waals surface area contributed by atoms with Gasteiger partial charge in [0.05, 0.1) is 22.9 Å². The number of amides is 1. The number of carbonyl (C=O) groups is 1. The second-order valence-corrected chi connectivity index (χ2v) is 7.83. The molecule has 0 aliphatic rings. The summed E-state index contributed by atoms with van der Waals surface area (Å²) < 4.78 is 0. The lowest BCUT2D eigenvalue weighted by atomic mass is 10.4. The first-order chi connectivity index (χ1) is 11.2. The zero-order chi connectivity index (χ0) is 16.1. The smallest absolute Gasteiger partial charge is 0.230 e. The molecule has 0 saturated heterocycles. The number of hydrogen-bond donors (Lipinski definition) is 1. The van der Waals surface area contributed by atoms with Gasteiger partial charge >= 0.3 is 0 Å². The van der Waals surface area contributed by atoms with Gasteiger partial charge in [0.15, 0.2) is 0 Å². The van der Waals surface area contributed by atoms with Crippen LogP contribution in [-0.4, -0.2) is 21.6 Å². The largest absolute Gasteiger partial charge is 0.350 e. The van der Waals surface area contributed by atoms with E-state index in [-0.39, 0.29) is 5.91 Å². The summed E-state index contributed by atoms with van der Waals surface area (Å²) in [5, 5.41) is 6.03. The highest BCUT2D eigenvalue weighted by molar-refractivity contribution is 8.00. The number of thiophene rings is 1. The van der Waals surface area contributed by atoms with Gasteiger partial charge in [-0.1, -0.05) is 6.07 Å². The molecule has 0 unspecified atom stereocenters. The van der Waals surface area contributed by atoms with E-state index in [1.807, 2.05) is 30.5 Å². The molecule has 0 radical (unpaired) electrons. The minimum absolute atomic E-state index is 0.0253. The van der Waals surface area contributed by atoms with Crippen molar-refractivity contribution in [2.24, 2.45) is 0 Å². The normalized spacial score (nSPS) is 10.7. The molecule has 0 aliphatic carbocycles. The van der Waals surface area contributed by atoms with Crippen LogP contribution in [-0.2, 0) is 11.3 Å². The average molecular weight is 362 g/mol. The number of aryl methyl sites for hydroxylation is 1. The first-order valence-electron chi connectivity index (χ1n) is 7.02. The lowest BCUT2D eigenvalue weighted by molar-refractivity contribution is -0.118. The molecule has 3 aromatic rings. The third-order valence-electron chi connectivity index (χ3n) is 3.09. The summed E-state index contributed by atoms with van der Waals surface area (Å²) in [4.78, 5) is 23.9. The van der Waals surface area contributed by atoms with Crippen molar-refractivity contribution in [1.82, 2.24) is 15.3 Å². The maximum absolute atomic E-state index is 12.0. The number of carbonyl (C=O) groups excluding carboxylic acids is 1. The number of thiazole rings is 1. The van der Waals surface area contributed by atoms with Gasteiger partial charge in [-0.2, -0.15) is 0 Å². The standard InChI is InChI=1S/C16H15N3OS3/c1-11-14(23-16(19-11)13-3-2-8-21-13)9-18-15(20)10-22-12-4-6-17-7-5-12/h2-8H,9-10H2,1H3,(H,18,20). The minimum Gasteiger partial charge on any atom is -0.350 e. The second kappa shape index (κ2) is 7.72. The van der Waals surface area contributed by atoms with Crippen LogP contribution in [0.3, 0.4) is 0 Å². The summed E-state index contributed by atoms with van der Waals surface area (Å²) in [5.74, 6) is 0.428. The van der Waals surface area contributed by atoms with E-state index in [2.05, 4.69) is 21.4 Å². The Morgan fingerprint density at radius 2 is 2.13 bits per heavy atom. The predicted octanol–water partition coefficient (Wildman–Crippen LogP) is 3.98. The fourth-order valence-electron chi connectivity index (χ4n) is 1.91. The molecule has 4 nitrogen and oxygen atoms in total. The van der Waals surface area contributed by atoms with E-state index in [1.165, 1.54) is 16.6 Å². The van der Waals surface area contributed by atoms with Gasteiger partial charge in [-0.05, 0) is 30.5 Å². The molecule has 23 heavy (non-hydrogen) atoms. The number of aromatic nitrogens is 2. The van der Waals surface area contributed by atoms with E-state index in [9.17, 15) is 4.79 Å². The van der Waals surface area contributed by atoms with Crippen LogP contribution in [0.4, 0.5) is 0 Å². The van der Waals surface area contributed by atoms with Crippen molar-refractivity contribution in [2.75, 3.05) is 5.75 Å². The van der Waals surface area contributed by atoms with Crippen molar-refractivity contribution in [3.05, 3.63) is 52.6 Å². The van der Waals surface area contributed by atoms with Crippen LogP contribution in [0.25, 0.3) is 9.88 Å². The fourth-order valence-corrected chi connectivity index (χ4v) is 4.42. The molecular weight excluding hydrogens is 346 g/mol. The molecule has 118 valence electrons. The van der Waals surface area contributed by atoms with Gasteiger partial charge in [-0.15, -0.1) is 34.4 Å². The Labute approximate surface area is 147 Å².